The Labute approximate surface area is 120 Å². The van der Waals surface area contributed by atoms with Gasteiger partial charge in [-0.25, -0.2) is 8.42 Å². The minimum Gasteiger partial charge on any atom is -0.399 e. The van der Waals surface area contributed by atoms with Crippen LogP contribution in [0, 0.1) is 12.8 Å². The summed E-state index contributed by atoms with van der Waals surface area (Å²) in [7, 11) is -1.99. The third-order valence-corrected chi connectivity index (χ3v) is 5.28. The molecular weight excluding hydrogens is 276 g/mol. The molecule has 1 saturated heterocycles. The van der Waals surface area contributed by atoms with Crippen LogP contribution in [0.5, 0.6) is 0 Å². The van der Waals surface area contributed by atoms with Crippen molar-refractivity contribution in [1.29, 1.82) is 0 Å². The smallest absolute Gasteiger partial charge is 0.244 e. The van der Waals surface area contributed by atoms with Crippen LogP contribution in [-0.2, 0) is 14.9 Å². The Bertz CT molecular complexity index is 606. The molecule has 6 heteroatoms. The Balaban J connectivity index is 2.31. The Hall–Kier alpha value is -1.40. The molecule has 1 atom stereocenters. The first-order valence-corrected chi connectivity index (χ1v) is 8.00. The molecule has 0 bridgehead atoms. The van der Waals surface area contributed by atoms with Crippen molar-refractivity contribution in [3.05, 3.63) is 29.8 Å². The lowest BCUT2D eigenvalue weighted by atomic mass is 9.93. The van der Waals surface area contributed by atoms with Gasteiger partial charge in [0.1, 0.15) is 7.11 Å². The molecule has 0 saturated carbocycles. The highest BCUT2D eigenvalue weighted by Gasteiger charge is 2.45. The van der Waals surface area contributed by atoms with Crippen molar-refractivity contribution in [2.45, 2.75) is 31.7 Å². The third-order valence-electron chi connectivity index (χ3n) is 3.44. The van der Waals surface area contributed by atoms with Crippen molar-refractivity contribution in [2.75, 3.05) is 13.7 Å². The van der Waals surface area contributed by atoms with Crippen molar-refractivity contribution < 1.29 is 13.3 Å². The molecule has 0 radical (unpaired) electrons. The summed E-state index contributed by atoms with van der Waals surface area (Å²) in [5, 5.41) is 3.91. The van der Waals surface area contributed by atoms with Gasteiger partial charge in [-0.1, -0.05) is 36.7 Å². The van der Waals surface area contributed by atoms with E-state index in [4.69, 9.17) is 4.84 Å². The third kappa shape index (κ3) is 2.58. The first-order valence-electron chi connectivity index (χ1n) is 6.56. The average molecular weight is 296 g/mol. The van der Waals surface area contributed by atoms with Crippen molar-refractivity contribution in [2.24, 2.45) is 11.1 Å². The molecule has 0 amide bonds. The fraction of sp³-hybridized carbons (Fsp3) is 0.500. The van der Waals surface area contributed by atoms with E-state index in [1.807, 2.05) is 20.8 Å². The topological polar surface area (TPSA) is 59.0 Å². The molecule has 20 heavy (non-hydrogen) atoms. The van der Waals surface area contributed by atoms with E-state index in [1.165, 1.54) is 11.4 Å². The zero-order chi connectivity index (χ0) is 14.9. The Morgan fingerprint density at radius 2 is 1.90 bits per heavy atom. The zero-order valence-corrected chi connectivity index (χ0v) is 13.0. The van der Waals surface area contributed by atoms with Gasteiger partial charge in [-0.2, -0.15) is 4.31 Å². The van der Waals surface area contributed by atoms with Gasteiger partial charge in [-0.3, -0.25) is 0 Å². The van der Waals surface area contributed by atoms with Gasteiger partial charge in [0.2, 0.25) is 10.0 Å². The highest BCUT2D eigenvalue weighted by atomic mass is 32.2. The lowest BCUT2D eigenvalue weighted by Gasteiger charge is -2.42. The number of nitrogens with zero attached hydrogens (tertiary/aromatic N) is 2. The molecule has 1 aliphatic rings. The molecule has 1 fully saturated rings. The van der Waals surface area contributed by atoms with Crippen molar-refractivity contribution in [1.82, 2.24) is 4.31 Å². The normalized spacial score (nSPS) is 22.1. The second-order valence-corrected chi connectivity index (χ2v) is 7.21. The largest absolute Gasteiger partial charge is 0.399 e. The lowest BCUT2D eigenvalue weighted by Crippen LogP contribution is -2.61. The first kappa shape index (κ1) is 15.0. The average Bonchev–Trinajstić information content (AvgIpc) is 2.33. The van der Waals surface area contributed by atoms with Gasteiger partial charge in [0.05, 0.1) is 23.2 Å². The number of benzene rings is 1. The minimum absolute atomic E-state index is 0.151. The van der Waals surface area contributed by atoms with E-state index in [0.29, 0.717) is 11.4 Å². The number of rotatable bonds is 4. The van der Waals surface area contributed by atoms with E-state index in [9.17, 15) is 8.42 Å². The minimum atomic E-state index is -3.47. The summed E-state index contributed by atoms with van der Waals surface area (Å²) in [6.07, 6.45) is 0. The van der Waals surface area contributed by atoms with Gasteiger partial charge in [-0.15, -0.1) is 0 Å². The number of oxime groups is 1. The van der Waals surface area contributed by atoms with Crippen LogP contribution in [0.1, 0.15) is 19.4 Å². The second-order valence-electron chi connectivity index (χ2n) is 5.32. The molecular formula is C14H20N2O3S. The van der Waals surface area contributed by atoms with Crippen LogP contribution in [0.15, 0.2) is 34.3 Å². The summed E-state index contributed by atoms with van der Waals surface area (Å²) < 4.78 is 26.7. The Morgan fingerprint density at radius 3 is 2.40 bits per heavy atom. The van der Waals surface area contributed by atoms with Gasteiger partial charge < -0.3 is 4.84 Å². The van der Waals surface area contributed by atoms with E-state index >= 15 is 0 Å². The summed E-state index contributed by atoms with van der Waals surface area (Å²) >= 11 is 0. The van der Waals surface area contributed by atoms with E-state index in [2.05, 4.69) is 5.16 Å². The van der Waals surface area contributed by atoms with Crippen LogP contribution >= 0.6 is 0 Å². The van der Waals surface area contributed by atoms with Crippen LogP contribution in [-0.4, -0.2) is 38.1 Å². The fourth-order valence-corrected chi connectivity index (χ4v) is 4.12. The molecule has 2 rings (SSSR count). The molecule has 0 aromatic heterocycles. The van der Waals surface area contributed by atoms with E-state index < -0.39 is 10.0 Å². The zero-order valence-electron chi connectivity index (χ0n) is 12.2. The number of hydrogen-bond donors (Lipinski definition) is 0. The van der Waals surface area contributed by atoms with Crippen LogP contribution < -0.4 is 0 Å². The lowest BCUT2D eigenvalue weighted by molar-refractivity contribution is 0.194. The molecule has 0 N–H and O–H groups in total. The first-order chi connectivity index (χ1) is 9.37. The SMILES string of the molecule is CO/N=C1/CN(S(=O)(=O)c2ccc(C)cc2)[C@H]1C(C)C. The summed E-state index contributed by atoms with van der Waals surface area (Å²) in [5.74, 6) is 0.151. The molecule has 1 aliphatic heterocycles. The quantitative estimate of drug-likeness (QED) is 0.799. The summed E-state index contributed by atoms with van der Waals surface area (Å²) in [6.45, 7) is 6.19. The maximum Gasteiger partial charge on any atom is 0.244 e. The highest BCUT2D eigenvalue weighted by molar-refractivity contribution is 7.89. The number of hydrogen-bond acceptors (Lipinski definition) is 4. The molecule has 0 unspecified atom stereocenters. The molecule has 1 heterocycles. The maximum atomic E-state index is 12.6. The monoisotopic (exact) mass is 296 g/mol. The van der Waals surface area contributed by atoms with Crippen LogP contribution in [0.2, 0.25) is 0 Å². The van der Waals surface area contributed by atoms with Gasteiger partial charge in [-0.05, 0) is 25.0 Å². The fourth-order valence-electron chi connectivity index (χ4n) is 2.40. The van der Waals surface area contributed by atoms with Crippen molar-refractivity contribution in [3.63, 3.8) is 0 Å². The number of sulfonamides is 1. The van der Waals surface area contributed by atoms with E-state index in [0.717, 1.165) is 11.3 Å². The maximum absolute atomic E-state index is 12.6. The molecule has 110 valence electrons. The number of aryl methyl sites for hydroxylation is 1. The molecule has 5 nitrogen and oxygen atoms in total. The van der Waals surface area contributed by atoms with Crippen molar-refractivity contribution >= 4 is 15.7 Å². The van der Waals surface area contributed by atoms with Crippen molar-refractivity contribution in [3.8, 4) is 0 Å². The van der Waals surface area contributed by atoms with Gasteiger partial charge in [0, 0.05) is 0 Å². The predicted octanol–water partition coefficient (Wildman–Crippen LogP) is 2.03. The summed E-state index contributed by atoms with van der Waals surface area (Å²) in [4.78, 5) is 5.10. The van der Waals surface area contributed by atoms with Crippen LogP contribution in [0.3, 0.4) is 0 Å². The van der Waals surface area contributed by atoms with Crippen LogP contribution in [0.4, 0.5) is 0 Å². The Kier molecular flexibility index (Phi) is 4.15. The van der Waals surface area contributed by atoms with Gasteiger partial charge in [0.25, 0.3) is 0 Å². The summed E-state index contributed by atoms with van der Waals surface area (Å²) in [6, 6.07) is 6.69. The predicted molar refractivity (Wildman–Crippen MR) is 78.1 cm³/mol. The van der Waals surface area contributed by atoms with Gasteiger partial charge in [0.15, 0.2) is 0 Å². The Morgan fingerprint density at radius 1 is 1.30 bits per heavy atom. The molecule has 0 aliphatic carbocycles. The second kappa shape index (κ2) is 5.54. The molecule has 0 spiro atoms. The summed E-state index contributed by atoms with van der Waals surface area (Å²) in [5.41, 5.74) is 1.81. The van der Waals surface area contributed by atoms with E-state index in [-0.39, 0.29) is 12.0 Å². The van der Waals surface area contributed by atoms with Gasteiger partial charge >= 0.3 is 0 Å². The standard InChI is InChI=1S/C14H20N2O3S/c1-10(2)14-13(15-19-4)9-16(14)20(17,18)12-7-5-11(3)6-8-12/h5-8,10,14H,9H2,1-4H3/b15-13-/t14-/m0/s1. The highest BCUT2D eigenvalue weighted by Crippen LogP contribution is 2.30. The van der Waals surface area contributed by atoms with E-state index in [1.54, 1.807) is 24.3 Å². The molecule has 1 aromatic rings. The molecule has 1 aromatic carbocycles. The van der Waals surface area contributed by atoms with Crippen LogP contribution in [0.25, 0.3) is 0 Å².